The number of halogens is 2. The second kappa shape index (κ2) is 15.3. The van der Waals surface area contributed by atoms with Gasteiger partial charge < -0.3 is 22.1 Å². The quantitative estimate of drug-likeness (QED) is 0.0827. The minimum absolute atomic E-state index is 0.0256. The molecule has 0 aliphatic heterocycles. The van der Waals surface area contributed by atoms with Crippen molar-refractivity contribution in [3.8, 4) is 22.3 Å². The topological polar surface area (TPSA) is 219 Å². The Hall–Kier alpha value is -7.62. The van der Waals surface area contributed by atoms with E-state index in [1.807, 2.05) is 38.1 Å². The fourth-order valence-electron chi connectivity index (χ4n) is 7.66. The molecule has 6 heterocycles. The highest BCUT2D eigenvalue weighted by molar-refractivity contribution is 6.02. The fraction of sp³-hybridized carbons (Fsp3) is 0.182. The van der Waals surface area contributed by atoms with Gasteiger partial charge in [-0.1, -0.05) is 0 Å². The summed E-state index contributed by atoms with van der Waals surface area (Å²) >= 11 is 0. The Morgan fingerprint density at radius 2 is 1.05 bits per heavy atom. The van der Waals surface area contributed by atoms with Gasteiger partial charge in [0.1, 0.15) is 11.6 Å². The molecule has 2 amide bonds. The number of carbonyl (C=O) groups is 2. The molecule has 0 bridgehead atoms. The number of pyridine rings is 4. The van der Waals surface area contributed by atoms with Crippen LogP contribution in [0.4, 0.5) is 31.8 Å². The first-order valence-corrected chi connectivity index (χ1v) is 19.2. The van der Waals surface area contributed by atoms with E-state index in [-0.39, 0.29) is 46.9 Å². The SMILES string of the molecule is Cc1ccncc1-c1cc2cc(NC(=O)[C@@H]3C[C@H]3c3ccn[nH]3)ncc2c(N)c1F.Cc1ccncc1-c1cc2cc(NC(=O)[C@H]3C[C@@H]3c3ccn[nH]3)ncc2c(N)c1F. The maximum absolute atomic E-state index is 14.9. The molecule has 0 unspecified atom stereocenters. The van der Waals surface area contributed by atoms with E-state index in [0.29, 0.717) is 55.4 Å². The number of amides is 2. The zero-order valence-electron chi connectivity index (χ0n) is 32.4. The minimum atomic E-state index is -0.502. The smallest absolute Gasteiger partial charge is 0.229 e. The van der Waals surface area contributed by atoms with Gasteiger partial charge in [-0.3, -0.25) is 29.8 Å². The van der Waals surface area contributed by atoms with E-state index >= 15 is 0 Å². The molecule has 2 aliphatic rings. The molecule has 0 spiro atoms. The van der Waals surface area contributed by atoms with Crippen molar-refractivity contribution in [3.63, 3.8) is 0 Å². The Morgan fingerprint density at radius 1 is 0.617 bits per heavy atom. The Bertz CT molecular complexity index is 2740. The van der Waals surface area contributed by atoms with Gasteiger partial charge in [0.15, 0.2) is 11.6 Å². The molecule has 8 aromatic rings. The van der Waals surface area contributed by atoms with Crippen LogP contribution in [0.3, 0.4) is 0 Å². The van der Waals surface area contributed by atoms with Crippen LogP contribution >= 0.6 is 0 Å². The van der Waals surface area contributed by atoms with Crippen molar-refractivity contribution in [1.29, 1.82) is 0 Å². The summed E-state index contributed by atoms with van der Waals surface area (Å²) in [4.78, 5) is 41.9. The Kier molecular flexibility index (Phi) is 9.66. The van der Waals surface area contributed by atoms with Crippen molar-refractivity contribution in [3.05, 3.63) is 132 Å². The number of carbonyl (C=O) groups excluding carboxylic acids is 2. The predicted molar refractivity (Wildman–Crippen MR) is 224 cm³/mol. The summed E-state index contributed by atoms with van der Waals surface area (Å²) in [5, 5.41) is 21.8. The molecule has 2 saturated carbocycles. The summed E-state index contributed by atoms with van der Waals surface area (Å²) in [6.45, 7) is 3.78. The number of nitrogen functional groups attached to an aromatic ring is 2. The van der Waals surface area contributed by atoms with Gasteiger partial charge in [-0.2, -0.15) is 10.2 Å². The van der Waals surface area contributed by atoms with Crippen LogP contribution in [-0.4, -0.2) is 52.1 Å². The van der Waals surface area contributed by atoms with E-state index < -0.39 is 11.6 Å². The van der Waals surface area contributed by atoms with Crippen molar-refractivity contribution in [2.45, 2.75) is 38.5 Å². The number of hydrogen-bond acceptors (Lipinski definition) is 10. The van der Waals surface area contributed by atoms with Crippen LogP contribution in [-0.2, 0) is 9.59 Å². The van der Waals surface area contributed by atoms with Crippen LogP contribution in [0.2, 0.25) is 0 Å². The number of hydrogen-bond donors (Lipinski definition) is 6. The molecule has 6 aromatic heterocycles. The van der Waals surface area contributed by atoms with E-state index in [4.69, 9.17) is 11.5 Å². The number of nitrogens with one attached hydrogen (secondary N) is 4. The lowest BCUT2D eigenvalue weighted by atomic mass is 9.98. The number of nitrogens with two attached hydrogens (primary N) is 2. The van der Waals surface area contributed by atoms with Gasteiger partial charge in [0.2, 0.25) is 11.8 Å². The molecule has 0 radical (unpaired) electrons. The molecule has 10 rings (SSSR count). The van der Waals surface area contributed by atoms with Gasteiger partial charge in [0.05, 0.1) is 11.4 Å². The van der Waals surface area contributed by atoms with Crippen LogP contribution < -0.4 is 22.1 Å². The van der Waals surface area contributed by atoms with E-state index in [9.17, 15) is 18.4 Å². The van der Waals surface area contributed by atoms with Crippen LogP contribution in [0.1, 0.15) is 47.2 Å². The van der Waals surface area contributed by atoms with E-state index in [1.165, 1.54) is 12.4 Å². The first-order valence-electron chi connectivity index (χ1n) is 19.2. The highest BCUT2D eigenvalue weighted by Crippen LogP contribution is 2.48. The lowest BCUT2D eigenvalue weighted by Gasteiger charge is -2.12. The highest BCUT2D eigenvalue weighted by atomic mass is 19.1. The summed E-state index contributed by atoms with van der Waals surface area (Å²) in [5.41, 5.74) is 18.0. The number of nitrogens with zero attached hydrogens (tertiary/aromatic N) is 6. The van der Waals surface area contributed by atoms with Crippen molar-refractivity contribution in [2.75, 3.05) is 22.1 Å². The molecule has 4 atom stereocenters. The normalized spacial score (nSPS) is 17.8. The summed E-state index contributed by atoms with van der Waals surface area (Å²) in [6, 6.07) is 14.3. The number of benzene rings is 2. The fourth-order valence-corrected chi connectivity index (χ4v) is 7.66. The average molecular weight is 805 g/mol. The number of fused-ring (bicyclic) bond motifs is 2. The van der Waals surface area contributed by atoms with Gasteiger partial charge in [-0.15, -0.1) is 0 Å². The molecule has 0 saturated heterocycles. The molecule has 2 aliphatic carbocycles. The van der Waals surface area contributed by atoms with E-state index in [0.717, 1.165) is 35.4 Å². The second-order valence-electron chi connectivity index (χ2n) is 15.2. The maximum atomic E-state index is 14.9. The van der Waals surface area contributed by atoms with Crippen molar-refractivity contribution < 1.29 is 18.4 Å². The van der Waals surface area contributed by atoms with Crippen molar-refractivity contribution in [2.24, 2.45) is 11.8 Å². The summed E-state index contributed by atoms with van der Waals surface area (Å²) in [5.74, 6) is -0.319. The van der Waals surface area contributed by atoms with Gasteiger partial charge in [-0.25, -0.2) is 18.7 Å². The van der Waals surface area contributed by atoms with Crippen LogP contribution in [0.15, 0.2) is 98.1 Å². The number of aromatic nitrogens is 8. The predicted octanol–water partition coefficient (Wildman–Crippen LogP) is 7.58. The third kappa shape index (κ3) is 7.23. The third-order valence-corrected chi connectivity index (χ3v) is 11.3. The number of H-pyrrole nitrogens is 2. The Labute approximate surface area is 341 Å². The number of rotatable bonds is 8. The molecular formula is C44H38F2N12O2. The molecule has 300 valence electrons. The highest BCUT2D eigenvalue weighted by Gasteiger charge is 2.46. The number of anilines is 4. The van der Waals surface area contributed by atoms with Crippen molar-refractivity contribution in [1.82, 2.24) is 40.3 Å². The van der Waals surface area contributed by atoms with Gasteiger partial charge in [0, 0.05) is 118 Å². The number of aromatic amines is 2. The number of aryl methyl sites for hydroxylation is 2. The zero-order valence-corrected chi connectivity index (χ0v) is 32.4. The first kappa shape index (κ1) is 37.9. The second-order valence-corrected chi connectivity index (χ2v) is 15.2. The first-order chi connectivity index (χ1) is 29.0. The summed E-state index contributed by atoms with van der Waals surface area (Å²) < 4.78 is 29.9. The summed E-state index contributed by atoms with van der Waals surface area (Å²) in [6.07, 6.45) is 14.4. The van der Waals surface area contributed by atoms with Gasteiger partial charge >= 0.3 is 0 Å². The largest absolute Gasteiger partial charge is 0.396 e. The molecule has 14 nitrogen and oxygen atoms in total. The lowest BCUT2D eigenvalue weighted by molar-refractivity contribution is -0.118. The molecular weight excluding hydrogens is 767 g/mol. The molecule has 8 N–H and O–H groups in total. The standard InChI is InChI=1S/2C22H19FN6O/c2*1-11-2-4-25-9-16(11)14-6-12-7-19(26-10-17(12)21(24)20(14)23)28-22(30)15-8-13(15)18-3-5-27-29-18/h2*2-7,9-10,13,15H,8,24H2,1H3,(H,27,29)(H,26,28,30)/t2*13-,15-/m10/s1. The monoisotopic (exact) mass is 804 g/mol. The molecule has 2 aromatic carbocycles. The zero-order chi connectivity index (χ0) is 41.7. The summed E-state index contributed by atoms with van der Waals surface area (Å²) in [7, 11) is 0. The van der Waals surface area contributed by atoms with Gasteiger partial charge in [-0.05, 0) is 97.1 Å². The van der Waals surface area contributed by atoms with E-state index in [1.54, 1.807) is 61.4 Å². The molecule has 60 heavy (non-hydrogen) atoms. The Balaban J connectivity index is 0.000000154. The van der Waals surface area contributed by atoms with Crippen LogP contribution in [0, 0.1) is 37.3 Å². The maximum Gasteiger partial charge on any atom is 0.229 e. The average Bonchev–Trinajstić information content (AvgIpc) is 4.09. The van der Waals surface area contributed by atoms with Crippen molar-refractivity contribution >= 4 is 56.4 Å². The lowest BCUT2D eigenvalue weighted by Crippen LogP contribution is -2.15. The van der Waals surface area contributed by atoms with Crippen LogP contribution in [0.25, 0.3) is 43.8 Å². The molecule has 2 fully saturated rings. The minimum Gasteiger partial charge on any atom is -0.396 e. The Morgan fingerprint density at radius 3 is 1.43 bits per heavy atom. The van der Waals surface area contributed by atoms with E-state index in [2.05, 4.69) is 51.0 Å². The third-order valence-electron chi connectivity index (χ3n) is 11.3. The molecule has 16 heteroatoms. The van der Waals surface area contributed by atoms with Gasteiger partial charge in [0.25, 0.3) is 0 Å². The van der Waals surface area contributed by atoms with Crippen LogP contribution in [0.5, 0.6) is 0 Å².